The number of aromatic amines is 1. The topological polar surface area (TPSA) is 86.3 Å². The van der Waals surface area contributed by atoms with Gasteiger partial charge in [0.15, 0.2) is 0 Å². The van der Waals surface area contributed by atoms with Crippen LogP contribution in [0.5, 0.6) is 0 Å². The van der Waals surface area contributed by atoms with E-state index in [0.29, 0.717) is 0 Å². The molecule has 6 nitrogen and oxygen atoms in total. The van der Waals surface area contributed by atoms with Crippen molar-refractivity contribution < 1.29 is 14.7 Å². The molecule has 0 radical (unpaired) electrons. The van der Waals surface area contributed by atoms with Crippen molar-refractivity contribution in [3.8, 4) is 0 Å². The molecule has 1 rings (SSSR count). The Kier molecular flexibility index (Phi) is 4.94. The largest absolute Gasteiger partial charge is 0.478 e. The van der Waals surface area contributed by atoms with Gasteiger partial charge in [-0.2, -0.15) is 5.10 Å². The van der Waals surface area contributed by atoms with Crippen LogP contribution in [0.1, 0.15) is 10.4 Å². The van der Waals surface area contributed by atoms with E-state index in [1.54, 1.807) is 14.1 Å². The Bertz CT molecular complexity index is 256. The Morgan fingerprint density at radius 3 is 2.38 bits per heavy atom. The molecule has 1 aromatic rings. The van der Waals surface area contributed by atoms with Gasteiger partial charge in [0.05, 0.1) is 11.8 Å². The van der Waals surface area contributed by atoms with Crippen LogP contribution in [0.3, 0.4) is 0 Å². The minimum absolute atomic E-state index is 0.185. The molecule has 0 aliphatic carbocycles. The van der Waals surface area contributed by atoms with Crippen LogP contribution in [0.15, 0.2) is 12.4 Å². The van der Waals surface area contributed by atoms with Crippen molar-refractivity contribution in [1.29, 1.82) is 0 Å². The Morgan fingerprint density at radius 2 is 2.23 bits per heavy atom. The zero-order chi connectivity index (χ0) is 10.3. The van der Waals surface area contributed by atoms with Crippen molar-refractivity contribution in [3.05, 3.63) is 18.0 Å². The molecular weight excluding hydrogens is 174 g/mol. The summed E-state index contributed by atoms with van der Waals surface area (Å²) in [6.45, 7) is 0. The average molecular weight is 185 g/mol. The van der Waals surface area contributed by atoms with Gasteiger partial charge in [0, 0.05) is 20.3 Å². The van der Waals surface area contributed by atoms with E-state index in [0.717, 1.165) is 6.41 Å². The number of carboxylic acids is 1. The third-order valence-electron chi connectivity index (χ3n) is 0.956. The summed E-state index contributed by atoms with van der Waals surface area (Å²) in [5.41, 5.74) is 0.185. The van der Waals surface area contributed by atoms with Gasteiger partial charge < -0.3 is 10.0 Å². The number of carboxylic acid groups (broad SMARTS) is 1. The smallest absolute Gasteiger partial charge is 0.338 e. The fourth-order valence-electron chi connectivity index (χ4n) is 0.368. The van der Waals surface area contributed by atoms with E-state index < -0.39 is 5.97 Å². The van der Waals surface area contributed by atoms with Gasteiger partial charge in [-0.15, -0.1) is 0 Å². The summed E-state index contributed by atoms with van der Waals surface area (Å²) >= 11 is 0. The van der Waals surface area contributed by atoms with E-state index in [-0.39, 0.29) is 5.56 Å². The van der Waals surface area contributed by atoms with Crippen LogP contribution in [0.2, 0.25) is 0 Å². The van der Waals surface area contributed by atoms with Crippen molar-refractivity contribution in [2.24, 2.45) is 0 Å². The molecule has 1 aromatic heterocycles. The van der Waals surface area contributed by atoms with Gasteiger partial charge >= 0.3 is 5.97 Å². The van der Waals surface area contributed by atoms with Gasteiger partial charge in [0.2, 0.25) is 6.41 Å². The van der Waals surface area contributed by atoms with Gasteiger partial charge in [0.25, 0.3) is 0 Å². The highest BCUT2D eigenvalue weighted by molar-refractivity contribution is 5.86. The van der Waals surface area contributed by atoms with E-state index in [4.69, 9.17) is 5.11 Å². The molecule has 0 aromatic carbocycles. The summed E-state index contributed by atoms with van der Waals surface area (Å²) in [6, 6.07) is 0. The van der Waals surface area contributed by atoms with Crippen molar-refractivity contribution in [3.63, 3.8) is 0 Å². The molecule has 1 amide bonds. The summed E-state index contributed by atoms with van der Waals surface area (Å²) < 4.78 is 0. The monoisotopic (exact) mass is 185 g/mol. The lowest BCUT2D eigenvalue weighted by molar-refractivity contribution is -0.115. The standard InChI is InChI=1S/C4H4N2O2.C3H7NO/c7-4(8)3-1-5-6-2-3;1-4(2)3-5/h1-2H,(H,5,6)(H,7,8);3H,1-2H3. The number of carbonyl (C=O) groups is 2. The molecular formula is C7H11N3O3. The minimum atomic E-state index is -0.959. The van der Waals surface area contributed by atoms with E-state index >= 15 is 0 Å². The van der Waals surface area contributed by atoms with Crippen LogP contribution in [0.4, 0.5) is 0 Å². The predicted molar refractivity (Wildman–Crippen MR) is 45.3 cm³/mol. The molecule has 0 aliphatic heterocycles. The molecule has 0 aliphatic rings. The minimum Gasteiger partial charge on any atom is -0.478 e. The number of rotatable bonds is 2. The molecule has 72 valence electrons. The van der Waals surface area contributed by atoms with Crippen LogP contribution in [-0.2, 0) is 4.79 Å². The van der Waals surface area contributed by atoms with Crippen LogP contribution in [0, 0.1) is 0 Å². The number of carbonyl (C=O) groups excluding carboxylic acids is 1. The Balaban J connectivity index is 0.000000252. The first-order valence-corrected chi connectivity index (χ1v) is 3.41. The summed E-state index contributed by atoms with van der Waals surface area (Å²) in [6.07, 6.45) is 3.32. The average Bonchev–Trinajstić information content (AvgIpc) is 2.57. The molecule has 0 bridgehead atoms. The Labute approximate surface area is 75.2 Å². The zero-order valence-electron chi connectivity index (χ0n) is 7.39. The Hall–Kier alpha value is -1.85. The van der Waals surface area contributed by atoms with E-state index in [9.17, 15) is 9.59 Å². The first-order valence-electron chi connectivity index (χ1n) is 3.41. The summed E-state index contributed by atoms with van der Waals surface area (Å²) in [5.74, 6) is -0.959. The molecule has 13 heavy (non-hydrogen) atoms. The van der Waals surface area contributed by atoms with Crippen LogP contribution < -0.4 is 0 Å². The number of amides is 1. The maximum atomic E-state index is 10.0. The zero-order valence-corrected chi connectivity index (χ0v) is 7.39. The second-order valence-electron chi connectivity index (χ2n) is 2.36. The first-order chi connectivity index (χ1) is 6.07. The number of H-pyrrole nitrogens is 1. The molecule has 0 saturated carbocycles. The third-order valence-corrected chi connectivity index (χ3v) is 0.956. The van der Waals surface area contributed by atoms with Crippen molar-refractivity contribution in [2.45, 2.75) is 0 Å². The number of aromatic nitrogens is 2. The second-order valence-corrected chi connectivity index (χ2v) is 2.36. The summed E-state index contributed by atoms with van der Waals surface area (Å²) in [4.78, 5) is 20.9. The fourth-order valence-corrected chi connectivity index (χ4v) is 0.368. The van der Waals surface area contributed by atoms with Crippen LogP contribution in [0.25, 0.3) is 0 Å². The summed E-state index contributed by atoms with van der Waals surface area (Å²) in [7, 11) is 3.38. The third kappa shape index (κ3) is 5.42. The quantitative estimate of drug-likeness (QED) is 0.625. The normalized spacial score (nSPS) is 8.15. The maximum Gasteiger partial charge on any atom is 0.338 e. The van der Waals surface area contributed by atoms with Crippen molar-refractivity contribution >= 4 is 12.4 Å². The molecule has 0 atom stereocenters. The molecule has 0 saturated heterocycles. The lowest BCUT2D eigenvalue weighted by Crippen LogP contribution is -2.06. The van der Waals surface area contributed by atoms with Crippen molar-refractivity contribution in [2.75, 3.05) is 14.1 Å². The SMILES string of the molecule is CN(C)C=O.O=C(O)c1cn[nH]c1. The van der Waals surface area contributed by atoms with Gasteiger partial charge in [-0.3, -0.25) is 9.89 Å². The molecule has 0 unspecified atom stereocenters. The van der Waals surface area contributed by atoms with Gasteiger partial charge in [0.1, 0.15) is 0 Å². The molecule has 6 heteroatoms. The predicted octanol–water partition coefficient (Wildman–Crippen LogP) is -0.188. The fraction of sp³-hybridized carbons (Fsp3) is 0.286. The van der Waals surface area contributed by atoms with Gasteiger partial charge in [-0.05, 0) is 0 Å². The lowest BCUT2D eigenvalue weighted by Gasteiger charge is -1.93. The van der Waals surface area contributed by atoms with Crippen molar-refractivity contribution in [1.82, 2.24) is 15.1 Å². The highest BCUT2D eigenvalue weighted by Crippen LogP contribution is 1.90. The van der Waals surface area contributed by atoms with Crippen LogP contribution >= 0.6 is 0 Å². The van der Waals surface area contributed by atoms with Gasteiger partial charge in [-0.25, -0.2) is 4.79 Å². The molecule has 0 fully saturated rings. The maximum absolute atomic E-state index is 10.0. The lowest BCUT2D eigenvalue weighted by atomic mass is 10.4. The molecule has 0 spiro atoms. The molecule has 2 N–H and O–H groups in total. The van der Waals surface area contributed by atoms with Gasteiger partial charge in [-0.1, -0.05) is 0 Å². The summed E-state index contributed by atoms with van der Waals surface area (Å²) in [5, 5.41) is 14.0. The Morgan fingerprint density at radius 1 is 1.69 bits per heavy atom. The number of hydrogen-bond donors (Lipinski definition) is 2. The number of nitrogens with zero attached hydrogens (tertiary/aromatic N) is 2. The number of aromatic carboxylic acids is 1. The first kappa shape index (κ1) is 11.2. The van der Waals surface area contributed by atoms with E-state index in [1.165, 1.54) is 17.3 Å². The highest BCUT2D eigenvalue weighted by atomic mass is 16.4. The number of nitrogens with one attached hydrogen (secondary N) is 1. The number of hydrogen-bond acceptors (Lipinski definition) is 3. The van der Waals surface area contributed by atoms with Crippen LogP contribution in [-0.4, -0.2) is 46.7 Å². The van der Waals surface area contributed by atoms with E-state index in [2.05, 4.69) is 10.2 Å². The van der Waals surface area contributed by atoms with E-state index in [1.807, 2.05) is 0 Å². The second kappa shape index (κ2) is 5.76. The highest BCUT2D eigenvalue weighted by Gasteiger charge is 1.99. The molecule has 1 heterocycles.